The molecule has 48 valence electrons. The summed E-state index contributed by atoms with van der Waals surface area (Å²) in [6.07, 6.45) is 2.94. The van der Waals surface area contributed by atoms with E-state index in [0.717, 1.165) is 6.04 Å². The van der Waals surface area contributed by atoms with Crippen molar-refractivity contribution in [2.24, 2.45) is 0 Å². The van der Waals surface area contributed by atoms with Gasteiger partial charge in [-0.3, -0.25) is 0 Å². The zero-order valence-corrected chi connectivity index (χ0v) is 9.27. The summed E-state index contributed by atoms with van der Waals surface area (Å²) in [7, 11) is 1.80. The smallest absolute Gasteiger partial charge is 0.0759 e. The van der Waals surface area contributed by atoms with Gasteiger partial charge < -0.3 is 4.57 Å². The van der Waals surface area contributed by atoms with Crippen LogP contribution in [0.4, 0.5) is 0 Å². The molecule has 8 heavy (non-hydrogen) atoms. The van der Waals surface area contributed by atoms with Crippen LogP contribution in [0.1, 0.15) is 19.8 Å². The molecule has 1 unspecified atom stereocenters. The molecule has 0 N–H and O–H groups in total. The third-order valence-electron chi connectivity index (χ3n) is 2.10. The van der Waals surface area contributed by atoms with Crippen molar-refractivity contribution < 1.29 is 0 Å². The Labute approximate surface area is 56.6 Å². The van der Waals surface area contributed by atoms with Gasteiger partial charge in [0.25, 0.3) is 0 Å². The lowest BCUT2D eigenvalue weighted by Gasteiger charge is -2.17. The molecule has 1 aliphatic rings. The van der Waals surface area contributed by atoms with Crippen LogP contribution in [0.2, 0.25) is 0 Å². The average molecular weight is 145 g/mol. The first-order valence-electron chi connectivity index (χ1n) is 3.58. The molecule has 0 amide bonds. The van der Waals surface area contributed by atoms with E-state index in [4.69, 9.17) is 0 Å². The third-order valence-corrected chi connectivity index (χ3v) is 6.29. The van der Waals surface area contributed by atoms with Gasteiger partial charge in [0.1, 0.15) is 0 Å². The van der Waals surface area contributed by atoms with Gasteiger partial charge in [-0.2, -0.15) is 0 Å². The second kappa shape index (κ2) is 2.80. The fourth-order valence-corrected chi connectivity index (χ4v) is 5.63. The zero-order valence-electron chi connectivity index (χ0n) is 5.85. The Hall–Kier alpha value is 0.394. The van der Waals surface area contributed by atoms with E-state index in [1.165, 1.54) is 29.1 Å². The van der Waals surface area contributed by atoms with E-state index in [-0.39, 0.29) is 0 Å². The van der Waals surface area contributed by atoms with Gasteiger partial charge in [0.05, 0.1) is 9.20 Å². The summed E-state index contributed by atoms with van der Waals surface area (Å²) in [5.74, 6) is 0. The predicted molar refractivity (Wildman–Crippen MR) is 43.9 cm³/mol. The van der Waals surface area contributed by atoms with Crippen molar-refractivity contribution in [1.82, 2.24) is 4.57 Å². The highest BCUT2D eigenvalue weighted by molar-refractivity contribution is 6.87. The second-order valence-electron chi connectivity index (χ2n) is 2.62. The van der Waals surface area contributed by atoms with E-state index in [1.54, 1.807) is 0 Å². The molecule has 1 aliphatic heterocycles. The van der Waals surface area contributed by atoms with Gasteiger partial charge in [-0.15, -0.1) is 0 Å². The zero-order chi connectivity index (χ0) is 5.98. The monoisotopic (exact) mass is 145 g/mol. The van der Waals surface area contributed by atoms with Gasteiger partial charge in [0.2, 0.25) is 0 Å². The minimum atomic E-state index is 0.315. The number of nitrogens with zero attached hydrogens (tertiary/aromatic N) is 1. The highest BCUT2D eigenvalue weighted by atomic mass is 29.1. The second-order valence-corrected chi connectivity index (χ2v) is 5.96. The summed E-state index contributed by atoms with van der Waals surface area (Å²) in [5, 5.41) is 0. The molecule has 0 aromatic rings. The Morgan fingerprint density at radius 2 is 2.50 bits per heavy atom. The summed E-state index contributed by atoms with van der Waals surface area (Å²) < 4.78 is 2.73. The minimum Gasteiger partial charge on any atom is -0.330 e. The number of hydrogen-bond donors (Lipinski definition) is 0. The van der Waals surface area contributed by atoms with Crippen molar-refractivity contribution in [1.29, 1.82) is 0 Å². The molecule has 1 heterocycles. The van der Waals surface area contributed by atoms with Gasteiger partial charge in [-0.05, 0) is 25.4 Å². The fourth-order valence-electron chi connectivity index (χ4n) is 1.46. The third kappa shape index (κ3) is 1.21. The Morgan fingerprint density at radius 1 is 1.75 bits per heavy atom. The lowest BCUT2D eigenvalue weighted by molar-refractivity contribution is 0.446. The maximum absolute atomic E-state index is 2.73. The van der Waals surface area contributed by atoms with Gasteiger partial charge in [-0.1, -0.05) is 6.92 Å². The summed E-state index contributed by atoms with van der Waals surface area (Å²) in [6, 6.07) is 0.958. The van der Waals surface area contributed by atoms with Crippen LogP contribution in [0.25, 0.3) is 0 Å². The Morgan fingerprint density at radius 3 is 2.75 bits per heavy atom. The van der Waals surface area contributed by atoms with Crippen LogP contribution in [0, 0.1) is 0 Å². The van der Waals surface area contributed by atoms with E-state index in [9.17, 15) is 0 Å². The molecule has 0 saturated carbocycles. The number of hydrogen-bond acceptors (Lipinski definition) is 1. The lowest BCUT2D eigenvalue weighted by Crippen LogP contribution is -2.30. The van der Waals surface area contributed by atoms with E-state index in [2.05, 4.69) is 11.5 Å². The molecule has 1 rings (SSSR count). The molecule has 0 aromatic heterocycles. The van der Waals surface area contributed by atoms with Crippen LogP contribution in [-0.4, -0.2) is 36.1 Å². The van der Waals surface area contributed by atoms with Crippen molar-refractivity contribution in [3.63, 3.8) is 0 Å². The van der Waals surface area contributed by atoms with Crippen LogP contribution in [0.5, 0.6) is 0 Å². The van der Waals surface area contributed by atoms with Crippen molar-refractivity contribution in [2.45, 2.75) is 25.8 Å². The van der Waals surface area contributed by atoms with E-state index in [1.807, 2.05) is 0 Å². The highest BCUT2D eigenvalue weighted by Gasteiger charge is 2.16. The summed E-state index contributed by atoms with van der Waals surface area (Å²) in [5.41, 5.74) is 0. The van der Waals surface area contributed by atoms with Crippen LogP contribution >= 0.6 is 0 Å². The topological polar surface area (TPSA) is 3.24 Å². The van der Waals surface area contributed by atoms with Gasteiger partial charge in [0.15, 0.2) is 0 Å². The molecule has 0 aromatic carbocycles. The predicted octanol–water partition coefficient (Wildman–Crippen LogP) is -1.17. The van der Waals surface area contributed by atoms with Crippen molar-refractivity contribution in [2.75, 3.05) is 6.54 Å². The average Bonchev–Trinajstić information content (AvgIpc) is 2.14. The molecule has 3 heteroatoms. The largest absolute Gasteiger partial charge is 0.330 e. The molecule has 0 bridgehead atoms. The summed E-state index contributed by atoms with van der Waals surface area (Å²) >= 11 is 0. The van der Waals surface area contributed by atoms with Crippen LogP contribution < -0.4 is 0 Å². The summed E-state index contributed by atoms with van der Waals surface area (Å²) in [4.78, 5) is 0. The first-order chi connectivity index (χ1) is 3.84. The first kappa shape index (κ1) is 6.51. The molecular formula is C5H15NSi2. The molecule has 1 nitrogen and oxygen atoms in total. The van der Waals surface area contributed by atoms with Crippen LogP contribution in [0.15, 0.2) is 0 Å². The molecule has 0 spiro atoms. The molecule has 0 radical (unpaired) electrons. The maximum Gasteiger partial charge on any atom is 0.0759 e. The SMILES string of the molecule is CC1CCCN1[SiH2][SiH3]. The molecular weight excluding hydrogens is 130 g/mol. The summed E-state index contributed by atoms with van der Waals surface area (Å²) in [6.45, 7) is 3.80. The van der Waals surface area contributed by atoms with Crippen LogP contribution in [0.3, 0.4) is 0 Å². The van der Waals surface area contributed by atoms with E-state index >= 15 is 0 Å². The highest BCUT2D eigenvalue weighted by Crippen LogP contribution is 2.13. The van der Waals surface area contributed by atoms with Crippen molar-refractivity contribution >= 4 is 19.0 Å². The number of rotatable bonds is 1. The molecule has 1 fully saturated rings. The van der Waals surface area contributed by atoms with E-state index < -0.39 is 0 Å². The minimum absolute atomic E-state index is 0.315. The maximum atomic E-state index is 2.73. The van der Waals surface area contributed by atoms with Crippen molar-refractivity contribution in [3.05, 3.63) is 0 Å². The van der Waals surface area contributed by atoms with Gasteiger partial charge in [0, 0.05) is 9.76 Å². The Bertz CT molecular complexity index is 76.8. The van der Waals surface area contributed by atoms with Gasteiger partial charge in [-0.25, -0.2) is 0 Å². The van der Waals surface area contributed by atoms with Gasteiger partial charge >= 0.3 is 0 Å². The quantitative estimate of drug-likeness (QED) is 0.421. The normalized spacial score (nSPS) is 33.4. The van der Waals surface area contributed by atoms with E-state index in [0.29, 0.717) is 9.20 Å². The fraction of sp³-hybridized carbons (Fsp3) is 1.00. The molecule has 1 atom stereocenters. The Kier molecular flexibility index (Phi) is 2.28. The van der Waals surface area contributed by atoms with Crippen molar-refractivity contribution in [3.8, 4) is 0 Å². The van der Waals surface area contributed by atoms with Crippen LogP contribution in [-0.2, 0) is 0 Å². The lowest BCUT2D eigenvalue weighted by atomic mass is 10.3. The Balaban J connectivity index is 2.30. The molecule has 0 aliphatic carbocycles. The first-order valence-corrected chi connectivity index (χ1v) is 9.87. The molecule has 1 saturated heterocycles. The standard InChI is InChI=1S/C5H15NSi2/c1-5-3-2-4-6(5)8-7/h5H,2-4,8H2,1,7H3.